The van der Waals surface area contributed by atoms with E-state index < -0.39 is 0 Å². The van der Waals surface area contributed by atoms with Crippen LogP contribution in [0.1, 0.15) is 28.7 Å². The van der Waals surface area contributed by atoms with Crippen molar-refractivity contribution in [3.8, 4) is 0 Å². The van der Waals surface area contributed by atoms with Crippen LogP contribution in [0.3, 0.4) is 0 Å². The van der Waals surface area contributed by atoms with Gasteiger partial charge < -0.3 is 10.6 Å². The van der Waals surface area contributed by atoms with Crippen LogP contribution in [0.25, 0.3) is 0 Å². The van der Waals surface area contributed by atoms with E-state index in [0.717, 1.165) is 26.1 Å². The first-order chi connectivity index (χ1) is 10.4. The van der Waals surface area contributed by atoms with E-state index in [-0.39, 0.29) is 18.4 Å². The van der Waals surface area contributed by atoms with Crippen LogP contribution < -0.4 is 10.6 Å². The van der Waals surface area contributed by atoms with E-state index in [0.29, 0.717) is 12.5 Å². The summed E-state index contributed by atoms with van der Waals surface area (Å²) >= 11 is 1.88. The van der Waals surface area contributed by atoms with Crippen LogP contribution >= 0.6 is 11.3 Å². The molecule has 2 amide bonds. The van der Waals surface area contributed by atoms with Crippen molar-refractivity contribution in [3.05, 3.63) is 21.4 Å². The Morgan fingerprint density at radius 3 is 2.77 bits per heavy atom. The van der Waals surface area contributed by atoms with Gasteiger partial charge in [0.05, 0.1) is 6.54 Å². The van der Waals surface area contributed by atoms with E-state index >= 15 is 0 Å². The molecule has 2 rings (SSSR count). The van der Waals surface area contributed by atoms with Crippen LogP contribution in [0.5, 0.6) is 0 Å². The number of thiophene rings is 1. The summed E-state index contributed by atoms with van der Waals surface area (Å²) in [7, 11) is 0. The van der Waals surface area contributed by atoms with Crippen LogP contribution in [0, 0.1) is 19.8 Å². The SMILES string of the molecule is CC(=O)NCC(=O)NC[C@@H]1CCN(Cc2cc(C)c(C)s2)C1. The molecule has 1 saturated heterocycles. The predicted molar refractivity (Wildman–Crippen MR) is 88.9 cm³/mol. The summed E-state index contributed by atoms with van der Waals surface area (Å²) in [5.41, 5.74) is 1.38. The van der Waals surface area contributed by atoms with Crippen LogP contribution in [-0.2, 0) is 16.1 Å². The van der Waals surface area contributed by atoms with E-state index in [2.05, 4.69) is 35.4 Å². The molecule has 0 radical (unpaired) electrons. The van der Waals surface area contributed by atoms with Gasteiger partial charge in [0.1, 0.15) is 0 Å². The maximum Gasteiger partial charge on any atom is 0.239 e. The Balaban J connectivity index is 1.69. The molecule has 1 fully saturated rings. The van der Waals surface area contributed by atoms with E-state index in [9.17, 15) is 9.59 Å². The van der Waals surface area contributed by atoms with Crippen molar-refractivity contribution in [1.82, 2.24) is 15.5 Å². The maximum absolute atomic E-state index is 11.6. The van der Waals surface area contributed by atoms with Crippen LogP contribution in [0.15, 0.2) is 6.07 Å². The molecule has 1 aliphatic rings. The lowest BCUT2D eigenvalue weighted by Crippen LogP contribution is -2.38. The molecule has 0 aliphatic carbocycles. The van der Waals surface area contributed by atoms with Crippen molar-refractivity contribution >= 4 is 23.2 Å². The highest BCUT2D eigenvalue weighted by molar-refractivity contribution is 7.12. The number of nitrogens with zero attached hydrogens (tertiary/aromatic N) is 1. The van der Waals surface area contributed by atoms with Crippen molar-refractivity contribution in [2.75, 3.05) is 26.2 Å². The van der Waals surface area contributed by atoms with Crippen molar-refractivity contribution in [1.29, 1.82) is 0 Å². The Hall–Kier alpha value is -1.40. The summed E-state index contributed by atoms with van der Waals surface area (Å²) in [4.78, 5) is 27.6. The van der Waals surface area contributed by atoms with E-state index in [1.165, 1.54) is 22.2 Å². The van der Waals surface area contributed by atoms with Crippen molar-refractivity contribution in [3.63, 3.8) is 0 Å². The predicted octanol–water partition coefficient (Wildman–Crippen LogP) is 1.44. The van der Waals surface area contributed by atoms with Gasteiger partial charge in [-0.3, -0.25) is 14.5 Å². The van der Waals surface area contributed by atoms with Gasteiger partial charge in [-0.05, 0) is 44.4 Å². The lowest BCUT2D eigenvalue weighted by molar-refractivity contribution is -0.125. The third-order valence-corrected chi connectivity index (χ3v) is 5.19. The summed E-state index contributed by atoms with van der Waals surface area (Å²) < 4.78 is 0. The molecule has 0 saturated carbocycles. The standard InChI is InChI=1S/C16H25N3O2S/c1-11-6-15(22-12(11)2)10-19-5-4-14(9-19)7-18-16(21)8-17-13(3)20/h6,14H,4-5,7-10H2,1-3H3,(H,17,20)(H,18,21)/t14-/m0/s1. The Labute approximate surface area is 136 Å². The number of amides is 2. The zero-order chi connectivity index (χ0) is 16.1. The first-order valence-electron chi connectivity index (χ1n) is 7.73. The molecule has 22 heavy (non-hydrogen) atoms. The molecule has 122 valence electrons. The van der Waals surface area contributed by atoms with Gasteiger partial charge >= 0.3 is 0 Å². The summed E-state index contributed by atoms with van der Waals surface area (Å²) in [6, 6.07) is 2.28. The molecule has 6 heteroatoms. The topological polar surface area (TPSA) is 61.4 Å². The lowest BCUT2D eigenvalue weighted by Gasteiger charge is -2.15. The fraction of sp³-hybridized carbons (Fsp3) is 0.625. The first-order valence-corrected chi connectivity index (χ1v) is 8.55. The molecule has 1 aliphatic heterocycles. The summed E-state index contributed by atoms with van der Waals surface area (Å²) in [5.74, 6) is 0.213. The van der Waals surface area contributed by atoms with Gasteiger partial charge in [0.2, 0.25) is 11.8 Å². The van der Waals surface area contributed by atoms with Gasteiger partial charge in [-0.1, -0.05) is 0 Å². The monoisotopic (exact) mass is 323 g/mol. The minimum absolute atomic E-state index is 0.0690. The number of likely N-dealkylation sites (tertiary alicyclic amines) is 1. The molecule has 0 aromatic carbocycles. The first kappa shape index (κ1) is 17.0. The fourth-order valence-corrected chi connectivity index (χ4v) is 3.79. The molecule has 0 unspecified atom stereocenters. The molecule has 5 nitrogen and oxygen atoms in total. The number of hydrogen-bond acceptors (Lipinski definition) is 4. The minimum atomic E-state index is -0.177. The van der Waals surface area contributed by atoms with Gasteiger partial charge in [0.25, 0.3) is 0 Å². The Morgan fingerprint density at radius 2 is 2.14 bits per heavy atom. The normalized spacial score (nSPS) is 18.4. The van der Waals surface area contributed by atoms with Crippen LogP contribution in [0.2, 0.25) is 0 Å². The number of carbonyl (C=O) groups excluding carboxylic acids is 2. The van der Waals surface area contributed by atoms with E-state index in [4.69, 9.17) is 0 Å². The second kappa shape index (κ2) is 7.74. The van der Waals surface area contributed by atoms with E-state index in [1.54, 1.807) is 0 Å². The molecular formula is C16H25N3O2S. The zero-order valence-corrected chi connectivity index (χ0v) is 14.4. The Morgan fingerprint density at radius 1 is 1.36 bits per heavy atom. The highest BCUT2D eigenvalue weighted by Gasteiger charge is 2.23. The smallest absolute Gasteiger partial charge is 0.239 e. The summed E-state index contributed by atoms with van der Waals surface area (Å²) in [5, 5.41) is 5.41. The number of hydrogen-bond donors (Lipinski definition) is 2. The van der Waals surface area contributed by atoms with Gasteiger partial charge in [-0.15, -0.1) is 11.3 Å². The third-order valence-electron chi connectivity index (χ3n) is 4.05. The number of rotatable bonds is 6. The third kappa shape index (κ3) is 5.10. The fourth-order valence-electron chi connectivity index (χ4n) is 2.70. The quantitative estimate of drug-likeness (QED) is 0.833. The minimum Gasteiger partial charge on any atom is -0.354 e. The molecule has 2 heterocycles. The number of aryl methyl sites for hydroxylation is 2. The number of carbonyl (C=O) groups is 2. The van der Waals surface area contributed by atoms with Gasteiger partial charge in [0, 0.05) is 36.3 Å². The Kier molecular flexibility index (Phi) is 5.97. The van der Waals surface area contributed by atoms with Crippen LogP contribution in [-0.4, -0.2) is 42.9 Å². The average molecular weight is 323 g/mol. The molecule has 0 bridgehead atoms. The van der Waals surface area contributed by atoms with Gasteiger partial charge in [-0.2, -0.15) is 0 Å². The molecule has 1 aromatic heterocycles. The second-order valence-electron chi connectivity index (χ2n) is 6.06. The zero-order valence-electron chi connectivity index (χ0n) is 13.6. The highest BCUT2D eigenvalue weighted by Crippen LogP contribution is 2.24. The van der Waals surface area contributed by atoms with Gasteiger partial charge in [-0.25, -0.2) is 0 Å². The molecule has 0 spiro atoms. The molecule has 2 N–H and O–H groups in total. The van der Waals surface area contributed by atoms with Crippen molar-refractivity contribution < 1.29 is 9.59 Å². The molecule has 1 aromatic rings. The second-order valence-corrected chi connectivity index (χ2v) is 7.40. The van der Waals surface area contributed by atoms with Crippen LogP contribution in [0.4, 0.5) is 0 Å². The van der Waals surface area contributed by atoms with Crippen molar-refractivity contribution in [2.24, 2.45) is 5.92 Å². The lowest BCUT2D eigenvalue weighted by atomic mass is 10.1. The van der Waals surface area contributed by atoms with Gasteiger partial charge in [0.15, 0.2) is 0 Å². The largest absolute Gasteiger partial charge is 0.354 e. The molecule has 1 atom stereocenters. The maximum atomic E-state index is 11.6. The summed E-state index contributed by atoms with van der Waals surface area (Å²) in [6.45, 7) is 9.62. The average Bonchev–Trinajstić information content (AvgIpc) is 3.02. The highest BCUT2D eigenvalue weighted by atomic mass is 32.1. The van der Waals surface area contributed by atoms with Crippen molar-refractivity contribution in [2.45, 2.75) is 33.7 Å². The van der Waals surface area contributed by atoms with E-state index in [1.807, 2.05) is 11.3 Å². The summed E-state index contributed by atoms with van der Waals surface area (Å²) in [6.07, 6.45) is 1.11. The number of nitrogens with one attached hydrogen (secondary N) is 2. The molecular weight excluding hydrogens is 298 g/mol. The Bertz CT molecular complexity index is 522.